The van der Waals surface area contributed by atoms with Crippen LogP contribution in [0.4, 0.5) is 13.2 Å². The van der Waals surface area contributed by atoms with Crippen LogP contribution in [0.2, 0.25) is 0 Å². The summed E-state index contributed by atoms with van der Waals surface area (Å²) in [6, 6.07) is 5.01. The molecule has 0 unspecified atom stereocenters. The van der Waals surface area contributed by atoms with Crippen molar-refractivity contribution < 1.29 is 18.3 Å². The van der Waals surface area contributed by atoms with Crippen molar-refractivity contribution >= 4 is 0 Å². The second-order valence-electron chi connectivity index (χ2n) is 3.86. The number of hydrogen-bond donors (Lipinski definition) is 2. The largest absolute Gasteiger partial charge is 0.416 e. The van der Waals surface area contributed by atoms with Gasteiger partial charge in [-0.05, 0) is 24.1 Å². The second-order valence-corrected chi connectivity index (χ2v) is 3.86. The molecule has 0 aliphatic rings. The number of rotatable bonds is 5. The first-order valence-corrected chi connectivity index (χ1v) is 5.47. The molecular formula is C12H16F3NO. The fourth-order valence-electron chi connectivity index (χ4n) is 1.41. The maximum Gasteiger partial charge on any atom is 0.416 e. The van der Waals surface area contributed by atoms with Gasteiger partial charge in [0.1, 0.15) is 0 Å². The highest BCUT2D eigenvalue weighted by molar-refractivity contribution is 5.24. The van der Waals surface area contributed by atoms with E-state index in [1.165, 1.54) is 12.1 Å². The SMILES string of the molecule is CC[C@H](CO)NCc1ccc(C(F)(F)F)cc1. The van der Waals surface area contributed by atoms with Gasteiger partial charge in [-0.2, -0.15) is 13.2 Å². The minimum Gasteiger partial charge on any atom is -0.395 e. The van der Waals surface area contributed by atoms with Crippen molar-refractivity contribution in [2.75, 3.05) is 6.61 Å². The lowest BCUT2D eigenvalue weighted by Gasteiger charge is -2.14. The molecule has 2 nitrogen and oxygen atoms in total. The van der Waals surface area contributed by atoms with Crippen molar-refractivity contribution in [2.24, 2.45) is 0 Å². The van der Waals surface area contributed by atoms with Crippen LogP contribution >= 0.6 is 0 Å². The molecule has 0 radical (unpaired) electrons. The van der Waals surface area contributed by atoms with Gasteiger partial charge in [0, 0.05) is 12.6 Å². The average Bonchev–Trinajstić information content (AvgIpc) is 2.30. The molecule has 0 saturated heterocycles. The number of aliphatic hydroxyl groups excluding tert-OH is 1. The van der Waals surface area contributed by atoms with Gasteiger partial charge in [-0.25, -0.2) is 0 Å². The molecule has 5 heteroatoms. The van der Waals surface area contributed by atoms with E-state index in [4.69, 9.17) is 5.11 Å². The smallest absolute Gasteiger partial charge is 0.395 e. The molecule has 0 aliphatic carbocycles. The zero-order chi connectivity index (χ0) is 12.9. The highest BCUT2D eigenvalue weighted by Crippen LogP contribution is 2.28. The number of halogens is 3. The fraction of sp³-hybridized carbons (Fsp3) is 0.500. The normalized spacial score (nSPS) is 13.7. The van der Waals surface area contributed by atoms with E-state index in [0.717, 1.165) is 24.1 Å². The molecule has 0 heterocycles. The van der Waals surface area contributed by atoms with E-state index < -0.39 is 11.7 Å². The Bertz CT molecular complexity index is 331. The van der Waals surface area contributed by atoms with E-state index >= 15 is 0 Å². The third-order valence-electron chi connectivity index (χ3n) is 2.59. The third-order valence-corrected chi connectivity index (χ3v) is 2.59. The Morgan fingerprint density at radius 1 is 1.24 bits per heavy atom. The Kier molecular flexibility index (Phi) is 4.96. The van der Waals surface area contributed by atoms with Crippen molar-refractivity contribution in [1.82, 2.24) is 5.32 Å². The number of aliphatic hydroxyl groups is 1. The molecule has 0 fully saturated rings. The van der Waals surface area contributed by atoms with Gasteiger partial charge in [0.15, 0.2) is 0 Å². The number of hydrogen-bond acceptors (Lipinski definition) is 2. The molecular weight excluding hydrogens is 231 g/mol. The molecule has 96 valence electrons. The zero-order valence-electron chi connectivity index (χ0n) is 9.59. The summed E-state index contributed by atoms with van der Waals surface area (Å²) in [6.45, 7) is 2.41. The monoisotopic (exact) mass is 247 g/mol. The number of benzene rings is 1. The standard InChI is InChI=1S/C12H16F3NO/c1-2-11(8-17)16-7-9-3-5-10(6-4-9)12(13,14)15/h3-6,11,16-17H,2,7-8H2,1H3/t11-/m1/s1. The van der Waals surface area contributed by atoms with Crippen LogP contribution in [0.25, 0.3) is 0 Å². The maximum atomic E-state index is 12.3. The van der Waals surface area contributed by atoms with Gasteiger partial charge in [-0.1, -0.05) is 19.1 Å². The van der Waals surface area contributed by atoms with Crippen molar-refractivity contribution in [3.8, 4) is 0 Å². The molecule has 2 N–H and O–H groups in total. The first-order chi connectivity index (χ1) is 7.97. The van der Waals surface area contributed by atoms with Crippen LogP contribution < -0.4 is 5.32 Å². The quantitative estimate of drug-likeness (QED) is 0.838. The summed E-state index contributed by atoms with van der Waals surface area (Å²) in [7, 11) is 0. The lowest BCUT2D eigenvalue weighted by molar-refractivity contribution is -0.137. The Morgan fingerprint density at radius 3 is 2.24 bits per heavy atom. The summed E-state index contributed by atoms with van der Waals surface area (Å²) in [6.07, 6.45) is -3.51. The summed E-state index contributed by atoms with van der Waals surface area (Å²) < 4.78 is 36.9. The molecule has 0 saturated carbocycles. The van der Waals surface area contributed by atoms with E-state index in [1.54, 1.807) is 0 Å². The molecule has 1 rings (SSSR count). The number of alkyl halides is 3. The molecule has 0 spiro atoms. The Labute approximate surface area is 98.5 Å². The molecule has 1 aromatic carbocycles. The molecule has 0 aliphatic heterocycles. The first kappa shape index (κ1) is 14.0. The van der Waals surface area contributed by atoms with Crippen molar-refractivity contribution in [1.29, 1.82) is 0 Å². The van der Waals surface area contributed by atoms with Gasteiger partial charge in [0.05, 0.1) is 12.2 Å². The molecule has 0 amide bonds. The van der Waals surface area contributed by atoms with Crippen LogP contribution in [0.1, 0.15) is 24.5 Å². The summed E-state index contributed by atoms with van der Waals surface area (Å²) in [5, 5.41) is 12.0. The third kappa shape index (κ3) is 4.36. The lowest BCUT2D eigenvalue weighted by Crippen LogP contribution is -2.31. The summed E-state index contributed by atoms with van der Waals surface area (Å²) >= 11 is 0. The minimum absolute atomic E-state index is 0.0164. The van der Waals surface area contributed by atoms with Crippen LogP contribution in [-0.4, -0.2) is 17.8 Å². The first-order valence-electron chi connectivity index (χ1n) is 5.47. The van der Waals surface area contributed by atoms with E-state index in [9.17, 15) is 13.2 Å². The van der Waals surface area contributed by atoms with Gasteiger partial charge >= 0.3 is 6.18 Å². The summed E-state index contributed by atoms with van der Waals surface area (Å²) in [4.78, 5) is 0. The van der Waals surface area contributed by atoms with E-state index in [2.05, 4.69) is 5.32 Å². The van der Waals surface area contributed by atoms with Crippen LogP contribution in [0, 0.1) is 0 Å². The summed E-state index contributed by atoms with van der Waals surface area (Å²) in [5.41, 5.74) is 0.125. The van der Waals surface area contributed by atoms with Crippen LogP contribution in [0.3, 0.4) is 0 Å². The molecule has 1 atom stereocenters. The second kappa shape index (κ2) is 6.02. The lowest BCUT2D eigenvalue weighted by atomic mass is 10.1. The van der Waals surface area contributed by atoms with Gasteiger partial charge in [-0.15, -0.1) is 0 Å². The van der Waals surface area contributed by atoms with E-state index in [-0.39, 0.29) is 12.6 Å². The highest BCUT2D eigenvalue weighted by atomic mass is 19.4. The van der Waals surface area contributed by atoms with Crippen LogP contribution in [0.5, 0.6) is 0 Å². The molecule has 0 aromatic heterocycles. The fourth-order valence-corrected chi connectivity index (χ4v) is 1.41. The highest BCUT2D eigenvalue weighted by Gasteiger charge is 2.29. The summed E-state index contributed by atoms with van der Waals surface area (Å²) in [5.74, 6) is 0. The van der Waals surface area contributed by atoms with Crippen molar-refractivity contribution in [3.05, 3.63) is 35.4 Å². The van der Waals surface area contributed by atoms with Crippen molar-refractivity contribution in [2.45, 2.75) is 32.1 Å². The Morgan fingerprint density at radius 2 is 1.82 bits per heavy atom. The number of nitrogens with one attached hydrogen (secondary N) is 1. The van der Waals surface area contributed by atoms with Gasteiger partial charge in [0.25, 0.3) is 0 Å². The molecule has 1 aromatic rings. The van der Waals surface area contributed by atoms with E-state index in [0.29, 0.717) is 6.54 Å². The van der Waals surface area contributed by atoms with Crippen molar-refractivity contribution in [3.63, 3.8) is 0 Å². The Balaban J connectivity index is 2.57. The zero-order valence-corrected chi connectivity index (χ0v) is 9.59. The predicted molar refractivity (Wildman–Crippen MR) is 59.4 cm³/mol. The van der Waals surface area contributed by atoms with Crippen LogP contribution in [0.15, 0.2) is 24.3 Å². The molecule has 0 bridgehead atoms. The predicted octanol–water partition coefficient (Wildman–Crippen LogP) is 2.57. The van der Waals surface area contributed by atoms with Gasteiger partial charge in [0.2, 0.25) is 0 Å². The van der Waals surface area contributed by atoms with E-state index in [1.807, 2.05) is 6.92 Å². The Hall–Kier alpha value is -1.07. The topological polar surface area (TPSA) is 32.3 Å². The van der Waals surface area contributed by atoms with Gasteiger partial charge in [-0.3, -0.25) is 0 Å². The molecule has 17 heavy (non-hydrogen) atoms. The average molecular weight is 247 g/mol. The maximum absolute atomic E-state index is 12.3. The van der Waals surface area contributed by atoms with Gasteiger partial charge < -0.3 is 10.4 Å². The van der Waals surface area contributed by atoms with Crippen LogP contribution in [-0.2, 0) is 12.7 Å². The minimum atomic E-state index is -4.29.